The summed E-state index contributed by atoms with van der Waals surface area (Å²) in [6.45, 7) is 2.02. The Bertz CT molecular complexity index is 402. The highest BCUT2D eigenvalue weighted by Gasteiger charge is 2.11. The highest BCUT2D eigenvalue weighted by molar-refractivity contribution is 7.84. The first-order valence-corrected chi connectivity index (χ1v) is 6.79. The van der Waals surface area contributed by atoms with Gasteiger partial charge in [0.1, 0.15) is 0 Å². The maximum Gasteiger partial charge on any atom is 0.194 e. The molecule has 0 aliphatic heterocycles. The minimum absolute atomic E-state index is 0.0444. The molecule has 0 aromatic heterocycles. The third-order valence-corrected chi connectivity index (χ3v) is 3.15. The maximum atomic E-state index is 12.9. The van der Waals surface area contributed by atoms with E-state index in [4.69, 9.17) is 0 Å². The fourth-order valence-corrected chi connectivity index (χ4v) is 2.24. The highest BCUT2D eigenvalue weighted by atomic mass is 32.2. The van der Waals surface area contributed by atoms with Crippen molar-refractivity contribution in [1.82, 2.24) is 5.32 Å². The molecule has 0 saturated heterocycles. The van der Waals surface area contributed by atoms with Crippen molar-refractivity contribution in [1.29, 1.82) is 0 Å². The molecule has 0 fully saturated rings. The molecule has 0 spiro atoms. The molecule has 0 amide bonds. The van der Waals surface area contributed by atoms with E-state index in [0.29, 0.717) is 11.3 Å². The molecule has 0 saturated carbocycles. The van der Waals surface area contributed by atoms with Crippen LogP contribution >= 0.6 is 0 Å². The van der Waals surface area contributed by atoms with E-state index >= 15 is 0 Å². The van der Waals surface area contributed by atoms with Crippen molar-refractivity contribution in [2.75, 3.05) is 12.0 Å². The third kappa shape index (κ3) is 4.47. The van der Waals surface area contributed by atoms with Gasteiger partial charge in [-0.15, -0.1) is 0 Å². The Morgan fingerprint density at radius 1 is 1.29 bits per heavy atom. The summed E-state index contributed by atoms with van der Waals surface area (Å²) in [5, 5.41) is 2.96. The average molecular weight is 265 g/mol. The van der Waals surface area contributed by atoms with Crippen LogP contribution in [0.15, 0.2) is 12.1 Å². The summed E-state index contributed by atoms with van der Waals surface area (Å²) in [4.78, 5) is 0. The van der Waals surface area contributed by atoms with Crippen molar-refractivity contribution < 1.29 is 17.4 Å². The topological polar surface area (TPSA) is 29.1 Å². The lowest BCUT2D eigenvalue weighted by atomic mass is 10.2. The minimum Gasteiger partial charge on any atom is -0.309 e. The summed E-state index contributed by atoms with van der Waals surface area (Å²) in [6, 6.07) is 1.85. The molecule has 0 heterocycles. The molecule has 1 aromatic rings. The van der Waals surface area contributed by atoms with Crippen LogP contribution in [0.3, 0.4) is 0 Å². The summed E-state index contributed by atoms with van der Waals surface area (Å²) in [7, 11) is -0.937. The van der Waals surface area contributed by atoms with Crippen LogP contribution < -0.4 is 5.32 Å². The van der Waals surface area contributed by atoms with Crippen LogP contribution in [0.2, 0.25) is 0 Å². The van der Waals surface area contributed by atoms with Gasteiger partial charge in [0.15, 0.2) is 17.5 Å². The quantitative estimate of drug-likeness (QED) is 0.825. The van der Waals surface area contributed by atoms with E-state index in [1.54, 1.807) is 6.26 Å². The van der Waals surface area contributed by atoms with Gasteiger partial charge in [-0.25, -0.2) is 13.2 Å². The van der Waals surface area contributed by atoms with Gasteiger partial charge in [0.25, 0.3) is 0 Å². The second-order valence-corrected chi connectivity index (χ2v) is 5.37. The average Bonchev–Trinajstić information content (AvgIpc) is 2.22. The molecule has 0 bridgehead atoms. The fraction of sp³-hybridized carbons (Fsp3) is 0.455. The van der Waals surface area contributed by atoms with Gasteiger partial charge in [0.05, 0.1) is 0 Å². The van der Waals surface area contributed by atoms with Crippen LogP contribution in [0.5, 0.6) is 0 Å². The molecule has 2 unspecified atom stereocenters. The number of hydrogen-bond acceptors (Lipinski definition) is 2. The molecular weight excluding hydrogens is 251 g/mol. The van der Waals surface area contributed by atoms with Gasteiger partial charge in [0, 0.05) is 35.4 Å². The zero-order valence-corrected chi connectivity index (χ0v) is 10.4. The number of rotatable bonds is 5. The van der Waals surface area contributed by atoms with Crippen LogP contribution in [-0.4, -0.2) is 22.3 Å². The van der Waals surface area contributed by atoms with Gasteiger partial charge in [-0.1, -0.05) is 0 Å². The highest BCUT2D eigenvalue weighted by Crippen LogP contribution is 2.13. The normalized spacial score (nSPS) is 14.6. The van der Waals surface area contributed by atoms with E-state index in [9.17, 15) is 17.4 Å². The fourth-order valence-electron chi connectivity index (χ4n) is 1.41. The Morgan fingerprint density at radius 2 is 1.82 bits per heavy atom. The molecule has 96 valence electrons. The maximum absolute atomic E-state index is 12.9. The molecule has 2 atom stereocenters. The van der Waals surface area contributed by atoms with E-state index in [1.165, 1.54) is 0 Å². The number of halogens is 3. The smallest absolute Gasteiger partial charge is 0.194 e. The van der Waals surface area contributed by atoms with Crippen LogP contribution in [0, 0.1) is 17.5 Å². The first kappa shape index (κ1) is 14.2. The SMILES string of the molecule is CC(CS(C)=O)NCc1cc(F)c(F)c(F)c1. The summed E-state index contributed by atoms with van der Waals surface area (Å²) in [6.07, 6.45) is 1.58. The van der Waals surface area contributed by atoms with Gasteiger partial charge in [-0.05, 0) is 24.6 Å². The Kier molecular flexibility index (Phi) is 5.14. The Hall–Kier alpha value is -0.880. The van der Waals surface area contributed by atoms with Gasteiger partial charge >= 0.3 is 0 Å². The minimum atomic E-state index is -1.46. The second-order valence-electron chi connectivity index (χ2n) is 3.90. The van der Waals surface area contributed by atoms with Gasteiger partial charge in [-0.3, -0.25) is 4.21 Å². The Labute approximate surface area is 101 Å². The van der Waals surface area contributed by atoms with Crippen molar-refractivity contribution in [3.63, 3.8) is 0 Å². The Morgan fingerprint density at radius 3 is 2.29 bits per heavy atom. The molecule has 0 aliphatic rings. The summed E-state index contributed by atoms with van der Waals surface area (Å²) in [5.74, 6) is -3.41. The standard InChI is InChI=1S/C11H14F3NOS/c1-7(6-17(2)16)15-5-8-3-9(12)11(14)10(13)4-8/h3-4,7,15H,5-6H2,1-2H3. The van der Waals surface area contributed by atoms with E-state index in [0.717, 1.165) is 12.1 Å². The van der Waals surface area contributed by atoms with Crippen LogP contribution in [0.25, 0.3) is 0 Å². The largest absolute Gasteiger partial charge is 0.309 e. The van der Waals surface area contributed by atoms with Crippen LogP contribution in [0.4, 0.5) is 13.2 Å². The Balaban J connectivity index is 2.61. The van der Waals surface area contributed by atoms with Gasteiger partial charge in [0.2, 0.25) is 0 Å². The first-order valence-electron chi connectivity index (χ1n) is 5.07. The molecule has 6 heteroatoms. The van der Waals surface area contributed by atoms with Crippen LogP contribution in [0.1, 0.15) is 12.5 Å². The molecular formula is C11H14F3NOS. The predicted molar refractivity (Wildman–Crippen MR) is 61.6 cm³/mol. The number of hydrogen-bond donors (Lipinski definition) is 1. The van der Waals surface area contributed by atoms with E-state index in [1.807, 2.05) is 6.92 Å². The third-order valence-electron chi connectivity index (χ3n) is 2.18. The zero-order chi connectivity index (χ0) is 13.0. The second kappa shape index (κ2) is 6.16. The van der Waals surface area contributed by atoms with Crippen molar-refractivity contribution >= 4 is 10.8 Å². The molecule has 0 aliphatic carbocycles. The molecule has 1 aromatic carbocycles. The van der Waals surface area contributed by atoms with E-state index in [-0.39, 0.29) is 12.6 Å². The van der Waals surface area contributed by atoms with Crippen molar-refractivity contribution in [2.24, 2.45) is 0 Å². The monoisotopic (exact) mass is 265 g/mol. The molecule has 1 rings (SSSR count). The lowest BCUT2D eigenvalue weighted by Crippen LogP contribution is -2.30. The van der Waals surface area contributed by atoms with Crippen molar-refractivity contribution in [3.8, 4) is 0 Å². The zero-order valence-electron chi connectivity index (χ0n) is 9.60. The van der Waals surface area contributed by atoms with Crippen LogP contribution in [-0.2, 0) is 17.3 Å². The molecule has 2 nitrogen and oxygen atoms in total. The number of benzene rings is 1. The van der Waals surface area contributed by atoms with Crippen molar-refractivity contribution in [3.05, 3.63) is 35.1 Å². The lowest BCUT2D eigenvalue weighted by Gasteiger charge is -2.12. The van der Waals surface area contributed by atoms with Crippen molar-refractivity contribution in [2.45, 2.75) is 19.5 Å². The summed E-state index contributed by atoms with van der Waals surface area (Å²) in [5.41, 5.74) is 0.315. The lowest BCUT2D eigenvalue weighted by molar-refractivity contribution is 0.443. The first-order chi connectivity index (χ1) is 7.90. The van der Waals surface area contributed by atoms with E-state index in [2.05, 4.69) is 5.32 Å². The summed E-state index contributed by atoms with van der Waals surface area (Å²) >= 11 is 0. The summed E-state index contributed by atoms with van der Waals surface area (Å²) < 4.78 is 49.4. The molecule has 17 heavy (non-hydrogen) atoms. The predicted octanol–water partition coefficient (Wildman–Crippen LogP) is 1.96. The van der Waals surface area contributed by atoms with Gasteiger partial charge in [-0.2, -0.15) is 0 Å². The molecule has 1 N–H and O–H groups in total. The number of nitrogens with one attached hydrogen (secondary N) is 1. The molecule has 0 radical (unpaired) electrons. The van der Waals surface area contributed by atoms with E-state index < -0.39 is 28.3 Å². The van der Waals surface area contributed by atoms with Gasteiger partial charge < -0.3 is 5.32 Å².